The zero-order chi connectivity index (χ0) is 18.6. The highest BCUT2D eigenvalue weighted by atomic mass is 19.4. The fraction of sp³-hybridized carbons (Fsp3) is 0.222. The Morgan fingerprint density at radius 1 is 1.04 bits per heavy atom. The van der Waals surface area contributed by atoms with Crippen molar-refractivity contribution in [2.75, 3.05) is 11.9 Å². The Balaban J connectivity index is 2.02. The number of nitrogens with one attached hydrogen (secondary N) is 1. The minimum absolute atomic E-state index is 0.309. The number of anilines is 1. The number of hydrogen-bond acceptors (Lipinski definition) is 3. The van der Waals surface area contributed by atoms with Gasteiger partial charge >= 0.3 is 12.1 Å². The molecule has 0 aliphatic carbocycles. The number of amides is 1. The van der Waals surface area contributed by atoms with E-state index in [1.54, 1.807) is 19.1 Å². The van der Waals surface area contributed by atoms with Crippen molar-refractivity contribution in [3.05, 3.63) is 64.7 Å². The molecule has 0 spiro atoms. The average molecular weight is 351 g/mol. The maximum Gasteiger partial charge on any atom is 0.418 e. The van der Waals surface area contributed by atoms with E-state index in [4.69, 9.17) is 4.74 Å². The van der Waals surface area contributed by atoms with Crippen LogP contribution < -0.4 is 5.32 Å². The summed E-state index contributed by atoms with van der Waals surface area (Å²) in [6, 6.07) is 9.64. The predicted octanol–water partition coefficient (Wildman–Crippen LogP) is 4.12. The molecule has 0 bridgehead atoms. The highest BCUT2D eigenvalue weighted by Crippen LogP contribution is 2.34. The Labute approximate surface area is 142 Å². The Morgan fingerprint density at radius 3 is 2.40 bits per heavy atom. The van der Waals surface area contributed by atoms with E-state index in [9.17, 15) is 22.8 Å². The van der Waals surface area contributed by atoms with Gasteiger partial charge in [0.15, 0.2) is 6.61 Å². The van der Waals surface area contributed by atoms with Crippen LogP contribution in [0.15, 0.2) is 42.5 Å². The third-order valence-electron chi connectivity index (χ3n) is 3.67. The van der Waals surface area contributed by atoms with Crippen LogP contribution in [0.4, 0.5) is 18.9 Å². The zero-order valence-corrected chi connectivity index (χ0v) is 13.6. The molecule has 0 atom stereocenters. The molecule has 25 heavy (non-hydrogen) atoms. The lowest BCUT2D eigenvalue weighted by molar-refractivity contribution is -0.137. The van der Waals surface area contributed by atoms with Gasteiger partial charge in [-0.25, -0.2) is 4.79 Å². The number of alkyl halides is 3. The highest BCUT2D eigenvalue weighted by molar-refractivity contribution is 5.96. The van der Waals surface area contributed by atoms with Crippen LogP contribution in [0, 0.1) is 13.8 Å². The molecule has 132 valence electrons. The number of carbonyl (C=O) groups is 2. The molecule has 4 nitrogen and oxygen atoms in total. The van der Waals surface area contributed by atoms with Gasteiger partial charge in [-0.1, -0.05) is 24.3 Å². The molecule has 2 aromatic rings. The molecule has 0 aliphatic heterocycles. The van der Waals surface area contributed by atoms with Gasteiger partial charge < -0.3 is 10.1 Å². The second-order valence-electron chi connectivity index (χ2n) is 5.42. The monoisotopic (exact) mass is 351 g/mol. The van der Waals surface area contributed by atoms with E-state index in [-0.39, 0.29) is 5.69 Å². The summed E-state index contributed by atoms with van der Waals surface area (Å²) in [5, 5.41) is 2.11. The van der Waals surface area contributed by atoms with Crippen LogP contribution in [0.2, 0.25) is 0 Å². The number of rotatable bonds is 4. The van der Waals surface area contributed by atoms with Crippen LogP contribution in [-0.4, -0.2) is 18.5 Å². The summed E-state index contributed by atoms with van der Waals surface area (Å²) >= 11 is 0. The Kier molecular flexibility index (Phi) is 5.46. The second kappa shape index (κ2) is 7.38. The number of ether oxygens (including phenoxy) is 1. The average Bonchev–Trinajstić information content (AvgIpc) is 2.54. The van der Waals surface area contributed by atoms with Crippen molar-refractivity contribution >= 4 is 17.6 Å². The van der Waals surface area contributed by atoms with Gasteiger partial charge in [0, 0.05) is 0 Å². The van der Waals surface area contributed by atoms with E-state index >= 15 is 0 Å². The molecule has 0 radical (unpaired) electrons. The number of hydrogen-bond donors (Lipinski definition) is 1. The lowest BCUT2D eigenvalue weighted by atomic mass is 10.0. The quantitative estimate of drug-likeness (QED) is 0.843. The van der Waals surface area contributed by atoms with Crippen molar-refractivity contribution in [3.8, 4) is 0 Å². The fourth-order valence-corrected chi connectivity index (χ4v) is 2.21. The van der Waals surface area contributed by atoms with E-state index in [2.05, 4.69) is 5.32 Å². The first-order valence-electron chi connectivity index (χ1n) is 7.39. The Bertz CT molecular complexity index is 800. The fourth-order valence-electron chi connectivity index (χ4n) is 2.21. The van der Waals surface area contributed by atoms with Crippen LogP contribution in [0.25, 0.3) is 0 Å². The van der Waals surface area contributed by atoms with Crippen LogP contribution in [0.5, 0.6) is 0 Å². The zero-order valence-electron chi connectivity index (χ0n) is 13.6. The minimum Gasteiger partial charge on any atom is -0.452 e. The Morgan fingerprint density at radius 2 is 1.72 bits per heavy atom. The molecule has 1 N–H and O–H groups in total. The topological polar surface area (TPSA) is 55.4 Å². The standard InChI is InChI=1S/C18H16F3NO3/c1-11-6-5-7-13(12(11)2)17(24)25-10-16(23)22-15-9-4-3-8-14(15)18(19,20)21/h3-9H,10H2,1-2H3,(H,22,23). The third kappa shape index (κ3) is 4.59. The molecule has 0 saturated heterocycles. The normalized spacial score (nSPS) is 11.1. The van der Waals surface area contributed by atoms with Crippen molar-refractivity contribution < 1.29 is 27.5 Å². The SMILES string of the molecule is Cc1cccc(C(=O)OCC(=O)Nc2ccccc2C(F)(F)F)c1C. The molecule has 0 saturated carbocycles. The number of esters is 1. The number of para-hydroxylation sites is 1. The van der Waals surface area contributed by atoms with E-state index in [0.29, 0.717) is 5.56 Å². The summed E-state index contributed by atoms with van der Waals surface area (Å²) in [6.07, 6.45) is -4.60. The molecule has 0 aromatic heterocycles. The summed E-state index contributed by atoms with van der Waals surface area (Å²) in [4.78, 5) is 23.8. The summed E-state index contributed by atoms with van der Waals surface area (Å²) in [5.74, 6) is -1.56. The number of carbonyl (C=O) groups excluding carboxylic acids is 2. The summed E-state index contributed by atoms with van der Waals surface area (Å²) in [7, 11) is 0. The lowest BCUT2D eigenvalue weighted by Gasteiger charge is -2.14. The minimum atomic E-state index is -4.60. The van der Waals surface area contributed by atoms with Gasteiger partial charge in [-0.3, -0.25) is 4.79 Å². The maximum absolute atomic E-state index is 12.9. The third-order valence-corrected chi connectivity index (χ3v) is 3.67. The van der Waals surface area contributed by atoms with Gasteiger partial charge in [-0.15, -0.1) is 0 Å². The van der Waals surface area contributed by atoms with Crippen LogP contribution in [0.1, 0.15) is 27.0 Å². The largest absolute Gasteiger partial charge is 0.452 e. The highest BCUT2D eigenvalue weighted by Gasteiger charge is 2.33. The molecule has 0 fully saturated rings. The molecule has 0 heterocycles. The van der Waals surface area contributed by atoms with E-state index < -0.39 is 30.2 Å². The molecular formula is C18H16F3NO3. The smallest absolute Gasteiger partial charge is 0.418 e. The lowest BCUT2D eigenvalue weighted by Crippen LogP contribution is -2.23. The summed E-state index contributed by atoms with van der Waals surface area (Å²) in [5.41, 5.74) is 0.559. The molecule has 0 aliphatic rings. The van der Waals surface area contributed by atoms with E-state index in [1.807, 2.05) is 13.0 Å². The molecule has 7 heteroatoms. The van der Waals surface area contributed by atoms with Gasteiger partial charge in [0.1, 0.15) is 0 Å². The first-order chi connectivity index (χ1) is 11.7. The number of halogens is 3. The van der Waals surface area contributed by atoms with Gasteiger partial charge in [0.05, 0.1) is 16.8 Å². The van der Waals surface area contributed by atoms with Gasteiger partial charge in [0.25, 0.3) is 5.91 Å². The molecule has 1 amide bonds. The number of aryl methyl sites for hydroxylation is 1. The number of benzene rings is 2. The Hall–Kier alpha value is -2.83. The molecule has 2 rings (SSSR count). The molecule has 2 aromatic carbocycles. The van der Waals surface area contributed by atoms with Crippen molar-refractivity contribution in [1.29, 1.82) is 0 Å². The molecular weight excluding hydrogens is 335 g/mol. The maximum atomic E-state index is 12.9. The van der Waals surface area contributed by atoms with Crippen molar-refractivity contribution in [2.24, 2.45) is 0 Å². The van der Waals surface area contributed by atoms with Crippen molar-refractivity contribution in [1.82, 2.24) is 0 Å². The van der Waals surface area contributed by atoms with Gasteiger partial charge in [-0.05, 0) is 43.2 Å². The molecule has 0 unspecified atom stereocenters. The van der Waals surface area contributed by atoms with Crippen LogP contribution >= 0.6 is 0 Å². The first-order valence-corrected chi connectivity index (χ1v) is 7.39. The second-order valence-corrected chi connectivity index (χ2v) is 5.42. The summed E-state index contributed by atoms with van der Waals surface area (Å²) in [6.45, 7) is 2.89. The first kappa shape index (κ1) is 18.5. The van der Waals surface area contributed by atoms with Crippen LogP contribution in [0.3, 0.4) is 0 Å². The van der Waals surface area contributed by atoms with Gasteiger partial charge in [-0.2, -0.15) is 13.2 Å². The van der Waals surface area contributed by atoms with Gasteiger partial charge in [0.2, 0.25) is 0 Å². The van der Waals surface area contributed by atoms with Crippen LogP contribution in [-0.2, 0) is 15.7 Å². The van der Waals surface area contributed by atoms with Crippen molar-refractivity contribution in [3.63, 3.8) is 0 Å². The van der Waals surface area contributed by atoms with E-state index in [0.717, 1.165) is 23.3 Å². The predicted molar refractivity (Wildman–Crippen MR) is 86.3 cm³/mol. The van der Waals surface area contributed by atoms with Crippen molar-refractivity contribution in [2.45, 2.75) is 20.0 Å². The summed E-state index contributed by atoms with van der Waals surface area (Å²) < 4.78 is 43.5. The van der Waals surface area contributed by atoms with E-state index in [1.165, 1.54) is 12.1 Å².